The molecular weight excluding hydrogens is 547 g/mol. The van der Waals surface area contributed by atoms with Gasteiger partial charge in [-0.05, 0) is 60.0 Å². The summed E-state index contributed by atoms with van der Waals surface area (Å²) in [5.41, 5.74) is -2.30. The summed E-state index contributed by atoms with van der Waals surface area (Å²) in [6, 6.07) is 9.09. The van der Waals surface area contributed by atoms with E-state index in [-0.39, 0.29) is 23.5 Å². The van der Waals surface area contributed by atoms with Crippen molar-refractivity contribution in [3.05, 3.63) is 88.6 Å². The van der Waals surface area contributed by atoms with Gasteiger partial charge in [-0.1, -0.05) is 12.1 Å². The van der Waals surface area contributed by atoms with Crippen LogP contribution in [0, 0.1) is 5.82 Å². The molecule has 0 saturated carbocycles. The van der Waals surface area contributed by atoms with E-state index in [1.54, 1.807) is 6.07 Å². The maximum Gasteiger partial charge on any atom is 0.416 e. The van der Waals surface area contributed by atoms with E-state index in [1.807, 2.05) is 6.07 Å². The molecule has 4 aromatic rings. The molecule has 2 aromatic heterocycles. The highest BCUT2D eigenvalue weighted by Gasteiger charge is 2.38. The number of amides is 1. The first-order chi connectivity index (χ1) is 18.9. The van der Waals surface area contributed by atoms with E-state index in [0.29, 0.717) is 23.6 Å². The van der Waals surface area contributed by atoms with Crippen molar-refractivity contribution in [1.82, 2.24) is 15.2 Å². The minimum atomic E-state index is -5.16. The summed E-state index contributed by atoms with van der Waals surface area (Å²) in [6.07, 6.45) is -10.3. The van der Waals surface area contributed by atoms with Gasteiger partial charge in [-0.2, -0.15) is 26.3 Å². The zero-order valence-electron chi connectivity index (χ0n) is 20.3. The number of pyridine rings is 1. The Morgan fingerprint density at radius 2 is 1.70 bits per heavy atom. The fraction of sp³-hybridized carbons (Fsp3) is 0.231. The van der Waals surface area contributed by atoms with E-state index in [0.717, 1.165) is 35.6 Å². The van der Waals surface area contributed by atoms with Crippen molar-refractivity contribution >= 4 is 17.4 Å². The summed E-state index contributed by atoms with van der Waals surface area (Å²) in [5.74, 6) is -0.977. The number of anilines is 2. The Bertz CT molecular complexity index is 1550. The van der Waals surface area contributed by atoms with Crippen molar-refractivity contribution in [2.45, 2.75) is 31.7 Å². The first kappa shape index (κ1) is 27.1. The highest BCUT2D eigenvalue weighted by atomic mass is 19.4. The van der Waals surface area contributed by atoms with Crippen LogP contribution >= 0.6 is 0 Å². The fourth-order valence-electron chi connectivity index (χ4n) is 4.21. The predicted molar refractivity (Wildman–Crippen MR) is 127 cm³/mol. The van der Waals surface area contributed by atoms with Gasteiger partial charge in [0.2, 0.25) is 11.8 Å². The van der Waals surface area contributed by atoms with E-state index in [1.165, 1.54) is 12.1 Å². The number of rotatable bonds is 6. The quantitative estimate of drug-likeness (QED) is 0.287. The average Bonchev–Trinajstić information content (AvgIpc) is 3.56. The van der Waals surface area contributed by atoms with Gasteiger partial charge in [0.25, 0.3) is 5.89 Å². The predicted octanol–water partition coefficient (Wildman–Crippen LogP) is 6.05. The molecule has 5 rings (SSSR count). The number of fused-ring (bicyclic) bond motifs is 1. The number of hydrogen-bond donors (Lipinski definition) is 1. The minimum absolute atomic E-state index is 0.0279. The largest absolute Gasteiger partial charge is 0.417 e. The standard InChI is InChI=1S/C26H18F7N5O2/c27-17-4-6-18(7-5-17)38(13-21-36-37-24(40-21)20-8-2-14-9-10-34-23(14)35-20)22(39)11-15-1-3-16(25(28,29)30)12-19(15)26(31,32)33/h1-8,12H,9-11,13H2,(H,34,35). The summed E-state index contributed by atoms with van der Waals surface area (Å²) >= 11 is 0. The molecular formula is C26H18F7N5O2. The normalized spacial score (nSPS) is 13.2. The van der Waals surface area contributed by atoms with Crippen molar-refractivity contribution in [3.8, 4) is 11.6 Å². The van der Waals surface area contributed by atoms with Gasteiger partial charge in [0.15, 0.2) is 0 Å². The average molecular weight is 565 g/mol. The van der Waals surface area contributed by atoms with E-state index in [2.05, 4.69) is 20.5 Å². The second-order valence-corrected chi connectivity index (χ2v) is 8.88. The molecule has 0 radical (unpaired) electrons. The van der Waals surface area contributed by atoms with Crippen LogP contribution in [0.1, 0.15) is 28.1 Å². The molecule has 0 bridgehead atoms. The monoisotopic (exact) mass is 565 g/mol. The van der Waals surface area contributed by atoms with Gasteiger partial charge in [0.1, 0.15) is 23.9 Å². The van der Waals surface area contributed by atoms with Crippen molar-refractivity contribution in [2.75, 3.05) is 16.8 Å². The summed E-state index contributed by atoms with van der Waals surface area (Å²) in [5, 5.41) is 11.0. The van der Waals surface area contributed by atoms with Crippen LogP contribution in [0.2, 0.25) is 0 Å². The van der Waals surface area contributed by atoms with Gasteiger partial charge in [0, 0.05) is 12.2 Å². The summed E-state index contributed by atoms with van der Waals surface area (Å²) in [4.78, 5) is 18.7. The fourth-order valence-corrected chi connectivity index (χ4v) is 4.21. The Morgan fingerprint density at radius 3 is 2.40 bits per heavy atom. The molecule has 14 heteroatoms. The Labute approximate surface area is 221 Å². The Hall–Kier alpha value is -4.49. The van der Waals surface area contributed by atoms with Gasteiger partial charge in [-0.15, -0.1) is 10.2 Å². The van der Waals surface area contributed by atoms with E-state index in [9.17, 15) is 35.5 Å². The summed E-state index contributed by atoms with van der Waals surface area (Å²) in [6.45, 7) is 0.313. The van der Waals surface area contributed by atoms with Crippen LogP contribution in [0.4, 0.5) is 42.2 Å². The van der Waals surface area contributed by atoms with E-state index >= 15 is 0 Å². The smallest absolute Gasteiger partial charge is 0.416 e. The molecule has 1 aliphatic rings. The first-order valence-electron chi connectivity index (χ1n) is 11.8. The van der Waals surface area contributed by atoms with Gasteiger partial charge < -0.3 is 14.6 Å². The molecule has 1 N–H and O–H groups in total. The third kappa shape index (κ3) is 5.75. The van der Waals surface area contributed by atoms with Gasteiger partial charge in [-0.3, -0.25) is 4.79 Å². The maximum atomic E-state index is 13.7. The van der Waals surface area contributed by atoms with Gasteiger partial charge in [-0.25, -0.2) is 9.37 Å². The third-order valence-corrected chi connectivity index (χ3v) is 6.17. The molecule has 0 spiro atoms. The number of carbonyl (C=O) groups is 1. The SMILES string of the molecule is O=C(Cc1ccc(C(F)(F)F)cc1C(F)(F)F)N(Cc1nnc(-c2ccc3c(n2)NCC3)o1)c1ccc(F)cc1. The highest BCUT2D eigenvalue weighted by molar-refractivity contribution is 5.94. The van der Waals surface area contributed by atoms with E-state index in [4.69, 9.17) is 4.42 Å². The molecule has 1 amide bonds. The van der Waals surface area contributed by atoms with Crippen LogP contribution in [-0.2, 0) is 36.5 Å². The lowest BCUT2D eigenvalue weighted by Crippen LogP contribution is -2.32. The highest BCUT2D eigenvalue weighted by Crippen LogP contribution is 2.38. The molecule has 2 aromatic carbocycles. The molecule has 0 atom stereocenters. The number of alkyl halides is 6. The Balaban J connectivity index is 1.44. The van der Waals surface area contributed by atoms with Crippen molar-refractivity contribution < 1.29 is 39.9 Å². The van der Waals surface area contributed by atoms with Crippen molar-refractivity contribution in [2.24, 2.45) is 0 Å². The Morgan fingerprint density at radius 1 is 0.950 bits per heavy atom. The number of halogens is 7. The zero-order valence-corrected chi connectivity index (χ0v) is 20.3. The molecule has 3 heterocycles. The van der Waals surface area contributed by atoms with Crippen molar-refractivity contribution in [3.63, 3.8) is 0 Å². The second-order valence-electron chi connectivity index (χ2n) is 8.88. The molecule has 7 nitrogen and oxygen atoms in total. The molecule has 0 unspecified atom stereocenters. The topological polar surface area (TPSA) is 84.2 Å². The van der Waals surface area contributed by atoms with Crippen LogP contribution in [-0.4, -0.2) is 27.6 Å². The van der Waals surface area contributed by atoms with Crippen LogP contribution < -0.4 is 10.2 Å². The number of nitrogens with one attached hydrogen (secondary N) is 1. The number of carbonyl (C=O) groups excluding carboxylic acids is 1. The second kappa shape index (κ2) is 10.2. The molecule has 1 aliphatic heterocycles. The summed E-state index contributed by atoms with van der Waals surface area (Å²) < 4.78 is 99.3. The van der Waals surface area contributed by atoms with Crippen LogP contribution in [0.25, 0.3) is 11.6 Å². The summed E-state index contributed by atoms with van der Waals surface area (Å²) in [7, 11) is 0. The number of benzene rings is 2. The number of aromatic nitrogens is 3. The lowest BCUT2D eigenvalue weighted by atomic mass is 10.00. The van der Waals surface area contributed by atoms with Crippen molar-refractivity contribution in [1.29, 1.82) is 0 Å². The third-order valence-electron chi connectivity index (χ3n) is 6.17. The number of hydrogen-bond acceptors (Lipinski definition) is 6. The lowest BCUT2D eigenvalue weighted by molar-refractivity contribution is -0.143. The maximum absolute atomic E-state index is 13.7. The van der Waals surface area contributed by atoms with Gasteiger partial charge >= 0.3 is 12.4 Å². The van der Waals surface area contributed by atoms with E-state index < -0.39 is 53.7 Å². The zero-order chi connectivity index (χ0) is 28.7. The minimum Gasteiger partial charge on any atom is -0.417 e. The van der Waals surface area contributed by atoms with Crippen LogP contribution in [0.3, 0.4) is 0 Å². The van der Waals surface area contributed by atoms with Crippen LogP contribution in [0.15, 0.2) is 59.0 Å². The molecule has 0 aliphatic carbocycles. The molecule has 0 fully saturated rings. The Kier molecular flexibility index (Phi) is 6.94. The van der Waals surface area contributed by atoms with Gasteiger partial charge in [0.05, 0.1) is 17.5 Å². The molecule has 40 heavy (non-hydrogen) atoms. The number of nitrogens with zero attached hydrogens (tertiary/aromatic N) is 4. The van der Waals surface area contributed by atoms with Crippen LogP contribution in [0.5, 0.6) is 0 Å². The molecule has 0 saturated heterocycles. The first-order valence-corrected chi connectivity index (χ1v) is 11.8. The lowest BCUT2D eigenvalue weighted by Gasteiger charge is -2.23. The molecule has 208 valence electrons.